The van der Waals surface area contributed by atoms with Gasteiger partial charge in [-0.25, -0.2) is 4.39 Å². The van der Waals surface area contributed by atoms with Gasteiger partial charge in [0.2, 0.25) is 0 Å². The van der Waals surface area contributed by atoms with Crippen molar-refractivity contribution in [3.63, 3.8) is 0 Å². The molecule has 1 aliphatic rings. The maximum Gasteiger partial charge on any atom is 0.168 e. The van der Waals surface area contributed by atoms with Crippen molar-refractivity contribution in [1.29, 1.82) is 0 Å². The molecule has 3 nitrogen and oxygen atoms in total. The van der Waals surface area contributed by atoms with Crippen LogP contribution in [-0.4, -0.2) is 24.9 Å². The predicted molar refractivity (Wildman–Crippen MR) is 57.4 cm³/mol. The topological polar surface area (TPSA) is 38.7 Å². The molecule has 0 radical (unpaired) electrons. The molecular weight excluding hydrogens is 211 g/mol. The van der Waals surface area contributed by atoms with Gasteiger partial charge in [-0.1, -0.05) is 0 Å². The van der Waals surface area contributed by atoms with Gasteiger partial charge in [0.15, 0.2) is 11.6 Å². The van der Waals surface area contributed by atoms with E-state index < -0.39 is 11.4 Å². The third-order valence-corrected chi connectivity index (χ3v) is 2.89. The minimum absolute atomic E-state index is 0.151. The lowest BCUT2D eigenvalue weighted by molar-refractivity contribution is 0.149. The van der Waals surface area contributed by atoms with Crippen molar-refractivity contribution in [2.75, 3.05) is 14.2 Å². The average Bonchev–Trinajstić information content (AvgIpc) is 2.99. The Balaban J connectivity index is 2.34. The molecule has 0 bridgehead atoms. The monoisotopic (exact) mass is 226 g/mol. The van der Waals surface area contributed by atoms with Crippen molar-refractivity contribution in [1.82, 2.24) is 0 Å². The fraction of sp³-hybridized carbons (Fsp3) is 0.500. The maximum atomic E-state index is 13.9. The van der Waals surface area contributed by atoms with Crippen LogP contribution < -0.4 is 9.47 Å². The number of rotatable bonds is 4. The zero-order valence-electron chi connectivity index (χ0n) is 9.42. The van der Waals surface area contributed by atoms with Gasteiger partial charge >= 0.3 is 0 Å². The smallest absolute Gasteiger partial charge is 0.168 e. The van der Waals surface area contributed by atoms with Crippen LogP contribution in [0.5, 0.6) is 11.5 Å². The standard InChI is InChI=1S/C12H15FO3/c1-15-9-5-8(7-12(14)3-4-12)11(13)10(6-9)16-2/h5-6,14H,3-4,7H2,1-2H3. The lowest BCUT2D eigenvalue weighted by Gasteiger charge is -2.13. The van der Waals surface area contributed by atoms with Crippen molar-refractivity contribution < 1.29 is 19.0 Å². The molecule has 1 fully saturated rings. The van der Waals surface area contributed by atoms with Gasteiger partial charge in [-0.05, 0) is 24.5 Å². The van der Waals surface area contributed by atoms with E-state index in [2.05, 4.69) is 0 Å². The zero-order valence-corrected chi connectivity index (χ0v) is 9.42. The summed E-state index contributed by atoms with van der Waals surface area (Å²) in [5, 5.41) is 9.79. The van der Waals surface area contributed by atoms with Crippen LogP contribution in [0, 0.1) is 5.82 Å². The Labute approximate surface area is 93.8 Å². The molecule has 4 heteroatoms. The summed E-state index contributed by atoms with van der Waals surface area (Å²) in [5.74, 6) is 0.278. The van der Waals surface area contributed by atoms with Gasteiger partial charge in [-0.3, -0.25) is 0 Å². The number of ether oxygens (including phenoxy) is 2. The first-order valence-corrected chi connectivity index (χ1v) is 5.21. The predicted octanol–water partition coefficient (Wildman–Crippen LogP) is 1.91. The summed E-state index contributed by atoms with van der Waals surface area (Å²) in [7, 11) is 2.93. The molecule has 0 spiro atoms. The molecule has 1 aromatic rings. The summed E-state index contributed by atoms with van der Waals surface area (Å²) in [6.45, 7) is 0. The van der Waals surface area contributed by atoms with Gasteiger partial charge in [-0.15, -0.1) is 0 Å². The van der Waals surface area contributed by atoms with Gasteiger partial charge in [0.1, 0.15) is 5.75 Å². The highest BCUT2D eigenvalue weighted by Crippen LogP contribution is 2.40. The summed E-state index contributed by atoms with van der Waals surface area (Å²) >= 11 is 0. The van der Waals surface area contributed by atoms with Crippen molar-refractivity contribution >= 4 is 0 Å². The fourth-order valence-electron chi connectivity index (χ4n) is 1.70. The molecule has 1 aromatic carbocycles. The Bertz CT molecular complexity index is 399. The number of hydrogen-bond acceptors (Lipinski definition) is 3. The fourth-order valence-corrected chi connectivity index (χ4v) is 1.70. The molecule has 1 aliphatic carbocycles. The molecule has 2 rings (SSSR count). The van der Waals surface area contributed by atoms with Crippen molar-refractivity contribution in [2.24, 2.45) is 0 Å². The van der Waals surface area contributed by atoms with E-state index in [1.165, 1.54) is 20.3 Å². The molecule has 1 N–H and O–H groups in total. The Morgan fingerprint density at radius 1 is 1.31 bits per heavy atom. The van der Waals surface area contributed by atoms with Crippen LogP contribution in [0.2, 0.25) is 0 Å². The highest BCUT2D eigenvalue weighted by molar-refractivity contribution is 5.41. The third kappa shape index (κ3) is 2.11. The normalized spacial score (nSPS) is 17.0. The second kappa shape index (κ2) is 3.94. The lowest BCUT2D eigenvalue weighted by atomic mass is 10.0. The maximum absolute atomic E-state index is 13.9. The summed E-state index contributed by atoms with van der Waals surface area (Å²) in [6, 6.07) is 3.10. The Hall–Kier alpha value is -1.29. The summed E-state index contributed by atoms with van der Waals surface area (Å²) in [4.78, 5) is 0. The number of aliphatic hydroxyl groups is 1. The van der Waals surface area contributed by atoms with E-state index in [4.69, 9.17) is 9.47 Å². The highest BCUT2D eigenvalue weighted by Gasteiger charge is 2.41. The first kappa shape index (κ1) is 11.2. The molecule has 1 saturated carbocycles. The first-order valence-electron chi connectivity index (χ1n) is 5.21. The average molecular weight is 226 g/mol. The molecule has 0 saturated heterocycles. The lowest BCUT2D eigenvalue weighted by Crippen LogP contribution is -2.12. The number of methoxy groups -OCH3 is 2. The van der Waals surface area contributed by atoms with Crippen molar-refractivity contribution in [3.8, 4) is 11.5 Å². The summed E-state index contributed by atoms with van der Waals surface area (Å²) in [5.41, 5.74) is -0.283. The van der Waals surface area contributed by atoms with Gasteiger partial charge in [0, 0.05) is 12.5 Å². The van der Waals surface area contributed by atoms with Crippen LogP contribution >= 0.6 is 0 Å². The van der Waals surface area contributed by atoms with Crippen LogP contribution in [0.3, 0.4) is 0 Å². The van der Waals surface area contributed by atoms with Gasteiger partial charge in [0.25, 0.3) is 0 Å². The van der Waals surface area contributed by atoms with E-state index in [1.807, 2.05) is 0 Å². The van der Waals surface area contributed by atoms with E-state index >= 15 is 0 Å². The van der Waals surface area contributed by atoms with E-state index in [-0.39, 0.29) is 5.75 Å². The van der Waals surface area contributed by atoms with Crippen molar-refractivity contribution in [3.05, 3.63) is 23.5 Å². The van der Waals surface area contributed by atoms with E-state index in [0.29, 0.717) is 17.7 Å². The second-order valence-corrected chi connectivity index (χ2v) is 4.20. The minimum Gasteiger partial charge on any atom is -0.497 e. The molecule has 0 aliphatic heterocycles. The number of benzene rings is 1. The first-order chi connectivity index (χ1) is 7.58. The molecule has 0 atom stereocenters. The summed E-state index contributed by atoms with van der Waals surface area (Å²) in [6.07, 6.45) is 1.77. The van der Waals surface area contributed by atoms with Gasteiger partial charge in [0.05, 0.1) is 19.8 Å². The Kier molecular flexibility index (Phi) is 2.76. The number of hydrogen-bond donors (Lipinski definition) is 1. The van der Waals surface area contributed by atoms with Gasteiger partial charge < -0.3 is 14.6 Å². The van der Waals surface area contributed by atoms with E-state index in [0.717, 1.165) is 12.8 Å². The molecule has 0 unspecified atom stereocenters. The zero-order chi connectivity index (χ0) is 11.8. The summed E-state index contributed by atoms with van der Waals surface area (Å²) < 4.78 is 23.8. The van der Waals surface area contributed by atoms with Crippen LogP contribution in [0.1, 0.15) is 18.4 Å². The molecular formula is C12H15FO3. The highest BCUT2D eigenvalue weighted by atomic mass is 19.1. The SMILES string of the molecule is COc1cc(CC2(O)CC2)c(F)c(OC)c1. The van der Waals surface area contributed by atoms with Crippen LogP contribution in [0.4, 0.5) is 4.39 Å². The molecule has 0 amide bonds. The molecule has 88 valence electrons. The Morgan fingerprint density at radius 2 is 2.00 bits per heavy atom. The third-order valence-electron chi connectivity index (χ3n) is 2.89. The van der Waals surface area contributed by atoms with Gasteiger partial charge in [-0.2, -0.15) is 0 Å². The molecule has 0 heterocycles. The Morgan fingerprint density at radius 3 is 2.50 bits per heavy atom. The van der Waals surface area contributed by atoms with Crippen LogP contribution in [0.15, 0.2) is 12.1 Å². The second-order valence-electron chi connectivity index (χ2n) is 4.20. The van der Waals surface area contributed by atoms with Crippen LogP contribution in [0.25, 0.3) is 0 Å². The van der Waals surface area contributed by atoms with E-state index in [9.17, 15) is 9.50 Å². The molecule has 0 aromatic heterocycles. The molecule has 16 heavy (non-hydrogen) atoms. The minimum atomic E-state index is -0.724. The van der Waals surface area contributed by atoms with Crippen LogP contribution in [-0.2, 0) is 6.42 Å². The van der Waals surface area contributed by atoms with E-state index in [1.54, 1.807) is 6.07 Å². The largest absolute Gasteiger partial charge is 0.497 e. The van der Waals surface area contributed by atoms with Crippen molar-refractivity contribution in [2.45, 2.75) is 24.9 Å². The number of halogens is 1. The quantitative estimate of drug-likeness (QED) is 0.852.